The van der Waals surface area contributed by atoms with Gasteiger partial charge >= 0.3 is 0 Å². The summed E-state index contributed by atoms with van der Waals surface area (Å²) in [7, 11) is 0. The molecule has 1 saturated carbocycles. The Morgan fingerprint density at radius 3 is 2.71 bits per heavy atom. The normalized spacial score (nSPS) is 30.0. The van der Waals surface area contributed by atoms with Gasteiger partial charge < -0.3 is 5.73 Å². The van der Waals surface area contributed by atoms with Crippen molar-refractivity contribution in [1.82, 2.24) is 0 Å². The molecule has 0 aliphatic heterocycles. The van der Waals surface area contributed by atoms with Gasteiger partial charge in [-0.25, -0.2) is 0 Å². The molecule has 1 aromatic carbocycles. The zero-order valence-corrected chi connectivity index (χ0v) is 11.4. The molecule has 2 unspecified atom stereocenters. The zero-order chi connectivity index (χ0) is 12.5. The largest absolute Gasteiger partial charge is 0.321 e. The van der Waals surface area contributed by atoms with Crippen molar-refractivity contribution >= 4 is 0 Å². The van der Waals surface area contributed by atoms with Crippen LogP contribution < -0.4 is 5.73 Å². The van der Waals surface area contributed by atoms with E-state index in [-0.39, 0.29) is 5.54 Å². The van der Waals surface area contributed by atoms with Gasteiger partial charge in [-0.3, -0.25) is 0 Å². The highest BCUT2D eigenvalue weighted by Crippen LogP contribution is 2.37. The highest BCUT2D eigenvalue weighted by atomic mass is 14.7. The minimum absolute atomic E-state index is 0.0825. The van der Waals surface area contributed by atoms with Crippen molar-refractivity contribution in [2.24, 2.45) is 11.7 Å². The number of hydrogen-bond acceptors (Lipinski definition) is 1. The molecule has 1 heteroatoms. The van der Waals surface area contributed by atoms with Crippen LogP contribution in [0, 0.1) is 19.8 Å². The molecule has 0 heterocycles. The molecule has 2 atom stereocenters. The number of rotatable bonds is 1. The molecule has 1 nitrogen and oxygen atoms in total. The van der Waals surface area contributed by atoms with E-state index in [2.05, 4.69) is 39.0 Å². The van der Waals surface area contributed by atoms with Crippen molar-refractivity contribution in [2.45, 2.75) is 58.4 Å². The van der Waals surface area contributed by atoms with Gasteiger partial charge in [0, 0.05) is 5.54 Å². The molecule has 1 aliphatic rings. The Balaban J connectivity index is 2.33. The molecular formula is C16H25N. The van der Waals surface area contributed by atoms with Gasteiger partial charge in [0.05, 0.1) is 0 Å². The summed E-state index contributed by atoms with van der Waals surface area (Å²) < 4.78 is 0. The Morgan fingerprint density at radius 1 is 1.18 bits per heavy atom. The molecule has 1 fully saturated rings. The highest BCUT2D eigenvalue weighted by molar-refractivity contribution is 5.38. The summed E-state index contributed by atoms with van der Waals surface area (Å²) in [5.74, 6) is 0.838. The molecule has 1 aliphatic carbocycles. The first-order valence-corrected chi connectivity index (χ1v) is 6.88. The van der Waals surface area contributed by atoms with Gasteiger partial charge in [0.1, 0.15) is 0 Å². The van der Waals surface area contributed by atoms with Gasteiger partial charge in [0.25, 0.3) is 0 Å². The molecule has 2 N–H and O–H groups in total. The maximum atomic E-state index is 6.71. The van der Waals surface area contributed by atoms with E-state index in [4.69, 9.17) is 5.73 Å². The molecule has 94 valence electrons. The Kier molecular flexibility index (Phi) is 3.58. The smallest absolute Gasteiger partial charge is 0.0412 e. The van der Waals surface area contributed by atoms with Crippen molar-refractivity contribution in [3.8, 4) is 0 Å². The fourth-order valence-corrected chi connectivity index (χ4v) is 3.10. The van der Waals surface area contributed by atoms with E-state index in [1.807, 2.05) is 0 Å². The maximum Gasteiger partial charge on any atom is 0.0412 e. The van der Waals surface area contributed by atoms with E-state index in [1.54, 1.807) is 0 Å². The summed E-state index contributed by atoms with van der Waals surface area (Å²) in [6.07, 6.45) is 6.15. The molecule has 0 radical (unpaired) electrons. The minimum atomic E-state index is -0.0825. The summed E-state index contributed by atoms with van der Waals surface area (Å²) >= 11 is 0. The monoisotopic (exact) mass is 231 g/mol. The van der Waals surface area contributed by atoms with Gasteiger partial charge in [-0.05, 0) is 55.7 Å². The topological polar surface area (TPSA) is 26.0 Å². The van der Waals surface area contributed by atoms with Crippen LogP contribution >= 0.6 is 0 Å². The molecule has 0 amide bonds. The van der Waals surface area contributed by atoms with Gasteiger partial charge in [-0.15, -0.1) is 0 Å². The standard InChI is InChI=1S/C16H25N/c1-12-6-5-10-16(17,11-9-12)15-8-4-7-13(2)14(15)3/h4,7-8,12H,5-6,9-11,17H2,1-3H3. The summed E-state index contributed by atoms with van der Waals surface area (Å²) in [4.78, 5) is 0. The predicted octanol–water partition coefficient (Wildman–Crippen LogP) is 4.06. The second-order valence-corrected chi connectivity index (χ2v) is 5.94. The summed E-state index contributed by atoms with van der Waals surface area (Å²) in [5.41, 5.74) is 10.8. The van der Waals surface area contributed by atoms with E-state index in [0.717, 1.165) is 18.8 Å². The van der Waals surface area contributed by atoms with Gasteiger partial charge in [0.2, 0.25) is 0 Å². The summed E-state index contributed by atoms with van der Waals surface area (Å²) in [6, 6.07) is 6.57. The highest BCUT2D eigenvalue weighted by Gasteiger charge is 2.31. The third-order valence-electron chi connectivity index (χ3n) is 4.54. The molecule has 17 heavy (non-hydrogen) atoms. The Morgan fingerprint density at radius 2 is 1.94 bits per heavy atom. The Hall–Kier alpha value is -0.820. The lowest BCUT2D eigenvalue weighted by atomic mass is 9.80. The van der Waals surface area contributed by atoms with E-state index in [1.165, 1.54) is 36.0 Å². The van der Waals surface area contributed by atoms with Crippen LogP contribution in [0.15, 0.2) is 18.2 Å². The van der Waals surface area contributed by atoms with E-state index in [0.29, 0.717) is 0 Å². The molecule has 1 aromatic rings. The SMILES string of the molecule is Cc1cccc(C2(N)CCCC(C)CC2)c1C. The molecule has 0 saturated heterocycles. The lowest BCUT2D eigenvalue weighted by Gasteiger charge is -2.31. The first kappa shape index (κ1) is 12.6. The first-order chi connectivity index (χ1) is 8.03. The molecule has 0 aromatic heterocycles. The average Bonchev–Trinajstić information content (AvgIpc) is 2.46. The van der Waals surface area contributed by atoms with Crippen LogP contribution in [0.1, 0.15) is 55.7 Å². The molecule has 0 spiro atoms. The summed E-state index contributed by atoms with van der Waals surface area (Å²) in [6.45, 7) is 6.75. The summed E-state index contributed by atoms with van der Waals surface area (Å²) in [5, 5.41) is 0. The molecular weight excluding hydrogens is 206 g/mol. The van der Waals surface area contributed by atoms with Crippen molar-refractivity contribution < 1.29 is 0 Å². The Bertz CT molecular complexity index is 397. The third kappa shape index (κ3) is 2.55. The molecule has 2 rings (SSSR count). The fraction of sp³-hybridized carbons (Fsp3) is 0.625. The Labute approximate surface area is 105 Å². The fourth-order valence-electron chi connectivity index (χ4n) is 3.10. The zero-order valence-electron chi connectivity index (χ0n) is 11.4. The van der Waals surface area contributed by atoms with Crippen molar-refractivity contribution in [2.75, 3.05) is 0 Å². The number of hydrogen-bond donors (Lipinski definition) is 1. The minimum Gasteiger partial charge on any atom is -0.321 e. The number of aryl methyl sites for hydroxylation is 1. The lowest BCUT2D eigenvalue weighted by molar-refractivity contribution is 0.376. The van der Waals surface area contributed by atoms with E-state index in [9.17, 15) is 0 Å². The van der Waals surface area contributed by atoms with Crippen LogP contribution in [-0.4, -0.2) is 0 Å². The number of nitrogens with two attached hydrogens (primary N) is 1. The van der Waals surface area contributed by atoms with Gasteiger partial charge in [0.15, 0.2) is 0 Å². The predicted molar refractivity (Wildman–Crippen MR) is 74.0 cm³/mol. The van der Waals surface area contributed by atoms with Crippen LogP contribution in [0.2, 0.25) is 0 Å². The quantitative estimate of drug-likeness (QED) is 0.725. The first-order valence-electron chi connectivity index (χ1n) is 6.88. The molecule has 0 bridgehead atoms. The van der Waals surface area contributed by atoms with Crippen molar-refractivity contribution in [1.29, 1.82) is 0 Å². The van der Waals surface area contributed by atoms with Crippen LogP contribution in [0.5, 0.6) is 0 Å². The average molecular weight is 231 g/mol. The van der Waals surface area contributed by atoms with E-state index < -0.39 is 0 Å². The second-order valence-electron chi connectivity index (χ2n) is 5.94. The third-order valence-corrected chi connectivity index (χ3v) is 4.54. The van der Waals surface area contributed by atoms with Gasteiger partial charge in [-0.2, -0.15) is 0 Å². The maximum absolute atomic E-state index is 6.71. The second kappa shape index (κ2) is 4.81. The number of benzene rings is 1. The van der Waals surface area contributed by atoms with Crippen molar-refractivity contribution in [3.05, 3.63) is 34.9 Å². The van der Waals surface area contributed by atoms with Gasteiger partial charge in [-0.1, -0.05) is 38.0 Å². The van der Waals surface area contributed by atoms with Crippen LogP contribution in [0.3, 0.4) is 0 Å². The van der Waals surface area contributed by atoms with Crippen molar-refractivity contribution in [3.63, 3.8) is 0 Å². The van der Waals surface area contributed by atoms with E-state index >= 15 is 0 Å². The van der Waals surface area contributed by atoms with Crippen LogP contribution in [0.4, 0.5) is 0 Å². The van der Waals surface area contributed by atoms with Crippen LogP contribution in [-0.2, 0) is 5.54 Å². The lowest BCUT2D eigenvalue weighted by Crippen LogP contribution is -2.37. The van der Waals surface area contributed by atoms with Crippen LogP contribution in [0.25, 0.3) is 0 Å².